The van der Waals surface area contributed by atoms with E-state index in [1.807, 2.05) is 24.3 Å². The number of anilines is 1. The first-order valence-electron chi connectivity index (χ1n) is 6.45. The predicted molar refractivity (Wildman–Crippen MR) is 75.2 cm³/mol. The standard InChI is InChI=1S/C15H16N2O2/c18-14-6-2-3-11-12(14)4-1-5-13(11)17-15(19)7-10-8-16-9-10/h1-6,10,16,18H,7-9H2,(H,17,19). The van der Waals surface area contributed by atoms with Gasteiger partial charge in [-0.2, -0.15) is 0 Å². The number of nitrogens with one attached hydrogen (secondary N) is 2. The highest BCUT2D eigenvalue weighted by Crippen LogP contribution is 2.29. The summed E-state index contributed by atoms with van der Waals surface area (Å²) in [5, 5.41) is 17.5. The number of benzene rings is 2. The fourth-order valence-electron chi connectivity index (χ4n) is 2.36. The SMILES string of the molecule is O=C(CC1CNC1)Nc1cccc2c(O)cccc12. The number of hydrogen-bond donors (Lipinski definition) is 3. The number of phenolic OH excluding ortho intramolecular Hbond substituents is 1. The van der Waals surface area contributed by atoms with Crippen molar-refractivity contribution in [3.05, 3.63) is 36.4 Å². The highest BCUT2D eigenvalue weighted by molar-refractivity contribution is 6.03. The third kappa shape index (κ3) is 2.39. The van der Waals surface area contributed by atoms with Crippen molar-refractivity contribution in [2.75, 3.05) is 18.4 Å². The van der Waals surface area contributed by atoms with E-state index in [4.69, 9.17) is 0 Å². The summed E-state index contributed by atoms with van der Waals surface area (Å²) >= 11 is 0. The summed E-state index contributed by atoms with van der Waals surface area (Å²) in [4.78, 5) is 11.9. The first kappa shape index (κ1) is 12.0. The van der Waals surface area contributed by atoms with Gasteiger partial charge < -0.3 is 15.7 Å². The highest BCUT2D eigenvalue weighted by Gasteiger charge is 2.20. The lowest BCUT2D eigenvalue weighted by molar-refractivity contribution is -0.117. The number of hydrogen-bond acceptors (Lipinski definition) is 3. The second kappa shape index (κ2) is 4.90. The van der Waals surface area contributed by atoms with Crippen LogP contribution in [0.15, 0.2) is 36.4 Å². The Hall–Kier alpha value is -2.07. The zero-order valence-corrected chi connectivity index (χ0v) is 10.5. The van der Waals surface area contributed by atoms with E-state index in [0.717, 1.165) is 29.5 Å². The minimum Gasteiger partial charge on any atom is -0.507 e. The van der Waals surface area contributed by atoms with Crippen LogP contribution in [-0.4, -0.2) is 24.1 Å². The molecule has 4 nitrogen and oxygen atoms in total. The van der Waals surface area contributed by atoms with Crippen molar-refractivity contribution in [1.29, 1.82) is 0 Å². The number of carbonyl (C=O) groups is 1. The van der Waals surface area contributed by atoms with Crippen LogP contribution in [-0.2, 0) is 4.79 Å². The molecule has 3 rings (SSSR count). The van der Waals surface area contributed by atoms with Crippen LogP contribution < -0.4 is 10.6 Å². The minimum absolute atomic E-state index is 0.0299. The summed E-state index contributed by atoms with van der Waals surface area (Å²) in [7, 11) is 0. The molecule has 2 aromatic carbocycles. The van der Waals surface area contributed by atoms with Gasteiger partial charge in [0.2, 0.25) is 5.91 Å². The third-order valence-electron chi connectivity index (χ3n) is 3.51. The van der Waals surface area contributed by atoms with Crippen LogP contribution >= 0.6 is 0 Å². The molecule has 0 atom stereocenters. The fourth-order valence-corrected chi connectivity index (χ4v) is 2.36. The van der Waals surface area contributed by atoms with Gasteiger partial charge in [0.25, 0.3) is 0 Å². The molecule has 3 N–H and O–H groups in total. The van der Waals surface area contributed by atoms with Crippen molar-refractivity contribution in [1.82, 2.24) is 5.32 Å². The van der Waals surface area contributed by atoms with Gasteiger partial charge in [-0.05, 0) is 31.1 Å². The maximum Gasteiger partial charge on any atom is 0.224 e. The van der Waals surface area contributed by atoms with Gasteiger partial charge in [-0.25, -0.2) is 0 Å². The summed E-state index contributed by atoms with van der Waals surface area (Å²) in [5.41, 5.74) is 0.755. The van der Waals surface area contributed by atoms with E-state index in [2.05, 4.69) is 10.6 Å². The number of phenols is 1. The maximum absolute atomic E-state index is 11.9. The normalized spacial score (nSPS) is 15.2. The Labute approximate surface area is 111 Å². The third-order valence-corrected chi connectivity index (χ3v) is 3.51. The Morgan fingerprint density at radius 3 is 2.68 bits per heavy atom. The monoisotopic (exact) mass is 256 g/mol. The molecular weight excluding hydrogens is 240 g/mol. The molecule has 19 heavy (non-hydrogen) atoms. The van der Waals surface area contributed by atoms with E-state index in [9.17, 15) is 9.90 Å². The summed E-state index contributed by atoms with van der Waals surface area (Å²) in [6.07, 6.45) is 0.544. The van der Waals surface area contributed by atoms with Gasteiger partial charge in [0, 0.05) is 22.9 Å². The number of carbonyl (C=O) groups excluding carboxylic acids is 1. The van der Waals surface area contributed by atoms with Gasteiger partial charge in [0.1, 0.15) is 5.75 Å². The summed E-state index contributed by atoms with van der Waals surface area (Å²) in [5.74, 6) is 0.711. The van der Waals surface area contributed by atoms with E-state index in [1.54, 1.807) is 12.1 Å². The molecule has 0 aliphatic carbocycles. The lowest BCUT2D eigenvalue weighted by Crippen LogP contribution is -2.43. The summed E-state index contributed by atoms with van der Waals surface area (Å²) in [6.45, 7) is 1.84. The van der Waals surface area contributed by atoms with Crippen LogP contribution in [0.4, 0.5) is 5.69 Å². The predicted octanol–water partition coefficient (Wildman–Crippen LogP) is 2.09. The number of fused-ring (bicyclic) bond motifs is 1. The van der Waals surface area contributed by atoms with Crippen LogP contribution in [0.3, 0.4) is 0 Å². The van der Waals surface area contributed by atoms with Gasteiger partial charge in [-0.15, -0.1) is 0 Å². The molecule has 0 spiro atoms. The highest BCUT2D eigenvalue weighted by atomic mass is 16.3. The summed E-state index contributed by atoms with van der Waals surface area (Å²) in [6, 6.07) is 10.9. The van der Waals surface area contributed by atoms with E-state index in [1.165, 1.54) is 0 Å². The van der Waals surface area contributed by atoms with Crippen LogP contribution in [0, 0.1) is 5.92 Å². The molecular formula is C15H16N2O2. The summed E-state index contributed by atoms with van der Waals surface area (Å²) < 4.78 is 0. The van der Waals surface area contributed by atoms with Crippen molar-refractivity contribution in [2.45, 2.75) is 6.42 Å². The Balaban J connectivity index is 1.84. The molecule has 0 aromatic heterocycles. The Bertz CT molecular complexity index is 621. The van der Waals surface area contributed by atoms with Gasteiger partial charge in [-0.1, -0.05) is 24.3 Å². The van der Waals surface area contributed by atoms with Crippen molar-refractivity contribution >= 4 is 22.4 Å². The van der Waals surface area contributed by atoms with Crippen LogP contribution in [0.25, 0.3) is 10.8 Å². The van der Waals surface area contributed by atoms with Gasteiger partial charge in [0.15, 0.2) is 0 Å². The first-order valence-corrected chi connectivity index (χ1v) is 6.45. The molecule has 1 saturated heterocycles. The Morgan fingerprint density at radius 1 is 1.21 bits per heavy atom. The van der Waals surface area contributed by atoms with E-state index in [-0.39, 0.29) is 11.7 Å². The number of amides is 1. The second-order valence-corrected chi connectivity index (χ2v) is 4.95. The molecule has 1 fully saturated rings. The van der Waals surface area contributed by atoms with E-state index in [0.29, 0.717) is 12.3 Å². The van der Waals surface area contributed by atoms with Crippen LogP contribution in [0.2, 0.25) is 0 Å². The maximum atomic E-state index is 11.9. The van der Waals surface area contributed by atoms with Gasteiger partial charge >= 0.3 is 0 Å². The molecule has 4 heteroatoms. The lowest BCUT2D eigenvalue weighted by atomic mass is 9.99. The molecule has 2 aromatic rings. The molecule has 0 radical (unpaired) electrons. The minimum atomic E-state index is 0.0299. The smallest absolute Gasteiger partial charge is 0.224 e. The number of aromatic hydroxyl groups is 1. The molecule has 0 saturated carbocycles. The van der Waals surface area contributed by atoms with Crippen molar-refractivity contribution < 1.29 is 9.90 Å². The lowest BCUT2D eigenvalue weighted by Gasteiger charge is -2.26. The first-order chi connectivity index (χ1) is 9.24. The van der Waals surface area contributed by atoms with Crippen molar-refractivity contribution in [3.8, 4) is 5.75 Å². The Morgan fingerprint density at radius 2 is 1.95 bits per heavy atom. The second-order valence-electron chi connectivity index (χ2n) is 4.95. The molecule has 1 amide bonds. The quantitative estimate of drug-likeness (QED) is 0.788. The van der Waals surface area contributed by atoms with Crippen molar-refractivity contribution in [2.24, 2.45) is 5.92 Å². The van der Waals surface area contributed by atoms with Crippen LogP contribution in [0.5, 0.6) is 5.75 Å². The molecule has 1 aliphatic heterocycles. The molecule has 0 bridgehead atoms. The van der Waals surface area contributed by atoms with Crippen LogP contribution in [0.1, 0.15) is 6.42 Å². The zero-order valence-electron chi connectivity index (χ0n) is 10.5. The topological polar surface area (TPSA) is 61.4 Å². The van der Waals surface area contributed by atoms with Crippen molar-refractivity contribution in [3.63, 3.8) is 0 Å². The average molecular weight is 256 g/mol. The van der Waals surface area contributed by atoms with E-state index < -0.39 is 0 Å². The fraction of sp³-hybridized carbons (Fsp3) is 0.267. The molecule has 1 heterocycles. The molecule has 0 unspecified atom stereocenters. The van der Waals surface area contributed by atoms with Gasteiger partial charge in [0.05, 0.1) is 0 Å². The molecule has 98 valence electrons. The van der Waals surface area contributed by atoms with Gasteiger partial charge in [-0.3, -0.25) is 4.79 Å². The number of rotatable bonds is 3. The van der Waals surface area contributed by atoms with E-state index >= 15 is 0 Å². The Kier molecular flexibility index (Phi) is 3.09. The average Bonchev–Trinajstić information content (AvgIpc) is 2.35. The molecule has 1 aliphatic rings. The zero-order chi connectivity index (χ0) is 13.2. The largest absolute Gasteiger partial charge is 0.507 e.